The first-order valence-electron chi connectivity index (χ1n) is 9.07. The van der Waals surface area contributed by atoms with E-state index in [1.54, 1.807) is 0 Å². The molecule has 2 aromatic carbocycles. The number of anilines is 1. The Bertz CT molecular complexity index is 765. The molecule has 5 heteroatoms. The fourth-order valence-corrected chi connectivity index (χ4v) is 3.07. The summed E-state index contributed by atoms with van der Waals surface area (Å²) in [5.41, 5.74) is 3.78. The Morgan fingerprint density at radius 3 is 2.46 bits per heavy atom. The smallest absolute Gasteiger partial charge is 0.253 e. The van der Waals surface area contributed by atoms with Gasteiger partial charge in [0.2, 0.25) is 5.91 Å². The summed E-state index contributed by atoms with van der Waals surface area (Å²) >= 11 is 0. The molecule has 0 aromatic heterocycles. The zero-order valence-electron chi connectivity index (χ0n) is 15.1. The average molecular weight is 351 g/mol. The molecule has 1 fully saturated rings. The van der Waals surface area contributed by atoms with Gasteiger partial charge >= 0.3 is 0 Å². The van der Waals surface area contributed by atoms with Crippen molar-refractivity contribution in [3.63, 3.8) is 0 Å². The zero-order chi connectivity index (χ0) is 18.4. The molecule has 5 nitrogen and oxygen atoms in total. The summed E-state index contributed by atoms with van der Waals surface area (Å²) in [6.45, 7) is 4.40. The maximum atomic E-state index is 12.3. The van der Waals surface area contributed by atoms with E-state index in [9.17, 15) is 9.59 Å². The van der Waals surface area contributed by atoms with Crippen LogP contribution in [0.4, 0.5) is 5.69 Å². The van der Waals surface area contributed by atoms with Crippen LogP contribution in [-0.4, -0.2) is 36.3 Å². The van der Waals surface area contributed by atoms with Crippen LogP contribution in [0.2, 0.25) is 0 Å². The number of rotatable bonds is 6. The van der Waals surface area contributed by atoms with Crippen molar-refractivity contribution in [2.24, 2.45) is 0 Å². The molecule has 3 rings (SSSR count). The largest absolute Gasteiger partial charge is 0.376 e. The van der Waals surface area contributed by atoms with E-state index in [0.717, 1.165) is 42.7 Å². The molecule has 0 aliphatic carbocycles. The molecule has 26 heavy (non-hydrogen) atoms. The highest BCUT2D eigenvalue weighted by atomic mass is 16.2. The van der Waals surface area contributed by atoms with Crippen LogP contribution < -0.4 is 10.6 Å². The molecule has 1 aliphatic rings. The fraction of sp³-hybridized carbons (Fsp3) is 0.333. The van der Waals surface area contributed by atoms with Crippen LogP contribution in [0.3, 0.4) is 0 Å². The molecule has 136 valence electrons. The van der Waals surface area contributed by atoms with Crippen LogP contribution in [0.25, 0.3) is 0 Å². The predicted octanol–water partition coefficient (Wildman–Crippen LogP) is 2.96. The third-order valence-electron chi connectivity index (χ3n) is 4.55. The van der Waals surface area contributed by atoms with Crippen molar-refractivity contribution in [1.29, 1.82) is 0 Å². The normalized spacial score (nSPS) is 13.5. The molecule has 2 aromatic rings. The molecule has 0 bridgehead atoms. The van der Waals surface area contributed by atoms with Crippen molar-refractivity contribution in [3.8, 4) is 0 Å². The van der Waals surface area contributed by atoms with E-state index in [2.05, 4.69) is 10.6 Å². The summed E-state index contributed by atoms with van der Waals surface area (Å²) in [6.07, 6.45) is 2.18. The van der Waals surface area contributed by atoms with Crippen molar-refractivity contribution >= 4 is 17.5 Å². The molecule has 0 atom stereocenters. The Morgan fingerprint density at radius 2 is 1.77 bits per heavy atom. The number of aryl methyl sites for hydroxylation is 1. The number of nitrogens with one attached hydrogen (secondary N) is 2. The molecule has 1 heterocycles. The summed E-state index contributed by atoms with van der Waals surface area (Å²) in [5.74, 6) is 0.0316. The second-order valence-corrected chi connectivity index (χ2v) is 6.70. The maximum Gasteiger partial charge on any atom is 0.253 e. The monoisotopic (exact) mass is 351 g/mol. The topological polar surface area (TPSA) is 61.4 Å². The summed E-state index contributed by atoms with van der Waals surface area (Å²) in [6, 6.07) is 15.4. The standard InChI is InChI=1S/C21H25N3O2/c1-16-5-4-6-19(13-16)22-15-20(25)23-14-17-7-9-18(10-8-17)21(26)24-11-2-3-12-24/h4-10,13,22H,2-3,11-12,14-15H2,1H3,(H,23,25). The highest BCUT2D eigenvalue weighted by Gasteiger charge is 2.19. The summed E-state index contributed by atoms with van der Waals surface area (Å²) in [5, 5.41) is 6.01. The average Bonchev–Trinajstić information content (AvgIpc) is 3.19. The van der Waals surface area contributed by atoms with Gasteiger partial charge in [0.15, 0.2) is 0 Å². The minimum Gasteiger partial charge on any atom is -0.376 e. The third-order valence-corrected chi connectivity index (χ3v) is 4.55. The van der Waals surface area contributed by atoms with Gasteiger partial charge in [-0.2, -0.15) is 0 Å². The van der Waals surface area contributed by atoms with Crippen LogP contribution >= 0.6 is 0 Å². The number of nitrogens with zero attached hydrogens (tertiary/aromatic N) is 1. The second-order valence-electron chi connectivity index (χ2n) is 6.70. The first-order chi connectivity index (χ1) is 12.6. The van der Waals surface area contributed by atoms with Crippen molar-refractivity contribution in [3.05, 3.63) is 65.2 Å². The summed E-state index contributed by atoms with van der Waals surface area (Å²) < 4.78 is 0. The lowest BCUT2D eigenvalue weighted by atomic mass is 10.1. The van der Waals surface area contributed by atoms with Gasteiger partial charge in [-0.25, -0.2) is 0 Å². The SMILES string of the molecule is Cc1cccc(NCC(=O)NCc2ccc(C(=O)N3CCCC3)cc2)c1. The number of benzene rings is 2. The van der Waals surface area contributed by atoms with Crippen LogP contribution in [0, 0.1) is 6.92 Å². The van der Waals surface area contributed by atoms with E-state index in [0.29, 0.717) is 12.1 Å². The van der Waals surface area contributed by atoms with Crippen LogP contribution in [0.5, 0.6) is 0 Å². The van der Waals surface area contributed by atoms with Gasteiger partial charge in [-0.1, -0.05) is 24.3 Å². The Kier molecular flexibility index (Phi) is 5.89. The van der Waals surface area contributed by atoms with Crippen molar-refractivity contribution in [1.82, 2.24) is 10.2 Å². The van der Waals surface area contributed by atoms with E-state index in [1.807, 2.05) is 60.4 Å². The van der Waals surface area contributed by atoms with E-state index in [1.165, 1.54) is 0 Å². The lowest BCUT2D eigenvalue weighted by Crippen LogP contribution is -2.29. The number of hydrogen-bond acceptors (Lipinski definition) is 3. The van der Waals surface area contributed by atoms with Crippen LogP contribution in [0.15, 0.2) is 48.5 Å². The van der Waals surface area contributed by atoms with Crippen molar-refractivity contribution in [2.45, 2.75) is 26.3 Å². The maximum absolute atomic E-state index is 12.3. The van der Waals surface area contributed by atoms with Gasteiger partial charge in [0.1, 0.15) is 0 Å². The molecule has 0 spiro atoms. The number of carbonyl (C=O) groups is 2. The molecule has 1 saturated heterocycles. The lowest BCUT2D eigenvalue weighted by molar-refractivity contribution is -0.119. The van der Waals surface area contributed by atoms with E-state index in [4.69, 9.17) is 0 Å². The number of carbonyl (C=O) groups excluding carboxylic acids is 2. The number of hydrogen-bond donors (Lipinski definition) is 2. The highest BCUT2D eigenvalue weighted by molar-refractivity contribution is 5.94. The van der Waals surface area contributed by atoms with E-state index in [-0.39, 0.29) is 18.4 Å². The lowest BCUT2D eigenvalue weighted by Gasteiger charge is -2.15. The van der Waals surface area contributed by atoms with Gasteiger partial charge in [-0.3, -0.25) is 9.59 Å². The highest BCUT2D eigenvalue weighted by Crippen LogP contribution is 2.13. The predicted molar refractivity (Wildman–Crippen MR) is 103 cm³/mol. The minimum atomic E-state index is -0.0660. The van der Waals surface area contributed by atoms with Gasteiger partial charge in [0.25, 0.3) is 5.91 Å². The molecule has 0 unspecified atom stereocenters. The number of likely N-dealkylation sites (tertiary alicyclic amines) is 1. The molecule has 2 amide bonds. The van der Waals surface area contributed by atoms with Gasteiger partial charge < -0.3 is 15.5 Å². The first kappa shape index (κ1) is 18.0. The third kappa shape index (κ3) is 4.85. The van der Waals surface area contributed by atoms with Gasteiger partial charge in [-0.05, 0) is 55.2 Å². The molecular formula is C21H25N3O2. The first-order valence-corrected chi connectivity index (χ1v) is 9.07. The minimum absolute atomic E-state index is 0.0660. The molecule has 1 aliphatic heterocycles. The molecule has 2 N–H and O–H groups in total. The Balaban J connectivity index is 1.45. The van der Waals surface area contributed by atoms with Gasteiger partial charge in [-0.15, -0.1) is 0 Å². The van der Waals surface area contributed by atoms with Gasteiger partial charge in [0, 0.05) is 30.9 Å². The summed E-state index contributed by atoms with van der Waals surface area (Å²) in [7, 11) is 0. The Hall–Kier alpha value is -2.82. The Labute approximate surface area is 154 Å². The van der Waals surface area contributed by atoms with E-state index < -0.39 is 0 Å². The van der Waals surface area contributed by atoms with Crippen LogP contribution in [0.1, 0.15) is 34.3 Å². The fourth-order valence-electron chi connectivity index (χ4n) is 3.07. The molecule has 0 saturated carbocycles. The van der Waals surface area contributed by atoms with Gasteiger partial charge in [0.05, 0.1) is 6.54 Å². The number of amides is 2. The van der Waals surface area contributed by atoms with Crippen molar-refractivity contribution < 1.29 is 9.59 Å². The van der Waals surface area contributed by atoms with Crippen LogP contribution in [-0.2, 0) is 11.3 Å². The Morgan fingerprint density at radius 1 is 1.04 bits per heavy atom. The zero-order valence-corrected chi connectivity index (χ0v) is 15.1. The summed E-state index contributed by atoms with van der Waals surface area (Å²) in [4.78, 5) is 26.2. The second kappa shape index (κ2) is 8.52. The molecule has 0 radical (unpaired) electrons. The molecular weight excluding hydrogens is 326 g/mol. The van der Waals surface area contributed by atoms with E-state index >= 15 is 0 Å². The van der Waals surface area contributed by atoms with Crippen molar-refractivity contribution in [2.75, 3.05) is 25.0 Å². The quantitative estimate of drug-likeness (QED) is 0.841.